The lowest BCUT2D eigenvalue weighted by atomic mass is 10.1. The number of aryl methyl sites for hydroxylation is 1. The van der Waals surface area contributed by atoms with Gasteiger partial charge in [0.05, 0.1) is 5.69 Å². The first-order valence-electron chi connectivity index (χ1n) is 5.51. The number of aliphatic carboxylic acids is 1. The van der Waals surface area contributed by atoms with E-state index in [9.17, 15) is 9.59 Å². The van der Waals surface area contributed by atoms with Crippen molar-refractivity contribution in [3.63, 3.8) is 0 Å². The Kier molecular flexibility index (Phi) is 3.84. The molecular formula is C12H11BrN2O4. The summed E-state index contributed by atoms with van der Waals surface area (Å²) in [6.45, 7) is 1.90. The molecule has 2 N–H and O–H groups in total. The van der Waals surface area contributed by atoms with Crippen LogP contribution in [0.15, 0.2) is 27.8 Å². The summed E-state index contributed by atoms with van der Waals surface area (Å²) in [6.07, 6.45) is -0.941. The number of carbonyl (C=O) groups excluding carboxylic acids is 1. The molecule has 0 spiro atoms. The second-order valence-corrected chi connectivity index (χ2v) is 4.86. The summed E-state index contributed by atoms with van der Waals surface area (Å²) in [4.78, 5) is 27.4. The van der Waals surface area contributed by atoms with E-state index in [1.807, 2.05) is 19.1 Å². The number of anilines is 1. The quantitative estimate of drug-likeness (QED) is 0.888. The number of hydrogen-bond donors (Lipinski definition) is 2. The van der Waals surface area contributed by atoms with Crippen LogP contribution in [0.3, 0.4) is 0 Å². The van der Waals surface area contributed by atoms with Crippen molar-refractivity contribution < 1.29 is 19.5 Å². The molecule has 100 valence electrons. The number of carbonyl (C=O) groups is 2. The molecule has 2 rings (SSSR count). The molecule has 6 nitrogen and oxygen atoms in total. The summed E-state index contributed by atoms with van der Waals surface area (Å²) < 4.78 is 0.778. The molecule has 1 aliphatic rings. The number of hydrogen-bond acceptors (Lipinski definition) is 4. The number of nitrogens with zero attached hydrogens (tertiary/aromatic N) is 1. The third kappa shape index (κ3) is 2.93. The van der Waals surface area contributed by atoms with Crippen LogP contribution in [0.4, 0.5) is 5.69 Å². The normalized spacial score (nSPS) is 17.6. The maximum Gasteiger partial charge on any atom is 0.353 e. The molecule has 0 fully saturated rings. The maximum atomic E-state index is 11.9. The van der Waals surface area contributed by atoms with Crippen LogP contribution < -0.4 is 5.32 Å². The standard InChI is InChI=1S/C12H11BrN2O4/c1-6-3-2-4-7(10(6)13)14-11(16)9-5-8(12(17)18)15-19-9/h2-4,9H,5H2,1H3,(H,14,16)(H,17,18). The highest BCUT2D eigenvalue weighted by molar-refractivity contribution is 9.10. The minimum absolute atomic E-state index is 0.0371. The number of carboxylic acids is 1. The first-order valence-corrected chi connectivity index (χ1v) is 6.30. The number of halogens is 1. The van der Waals surface area contributed by atoms with Gasteiger partial charge in [0.2, 0.25) is 6.10 Å². The monoisotopic (exact) mass is 326 g/mol. The summed E-state index contributed by atoms with van der Waals surface area (Å²) >= 11 is 3.37. The molecule has 0 saturated carbocycles. The van der Waals surface area contributed by atoms with Gasteiger partial charge in [-0.25, -0.2) is 4.79 Å². The molecule has 1 aromatic carbocycles. The molecule has 0 saturated heterocycles. The number of rotatable bonds is 3. The average Bonchev–Trinajstić information content (AvgIpc) is 2.84. The SMILES string of the molecule is Cc1cccc(NC(=O)C2CC(C(=O)O)=NO2)c1Br. The van der Waals surface area contributed by atoms with Gasteiger partial charge in [-0.05, 0) is 34.5 Å². The van der Waals surface area contributed by atoms with Gasteiger partial charge in [-0.15, -0.1) is 0 Å². The van der Waals surface area contributed by atoms with Crippen LogP contribution in [0.5, 0.6) is 0 Å². The van der Waals surface area contributed by atoms with Crippen molar-refractivity contribution in [3.8, 4) is 0 Å². The molecule has 1 atom stereocenters. The van der Waals surface area contributed by atoms with Crippen molar-refractivity contribution in [2.24, 2.45) is 5.16 Å². The molecule has 0 bridgehead atoms. The molecule has 1 amide bonds. The van der Waals surface area contributed by atoms with Gasteiger partial charge in [0.25, 0.3) is 5.91 Å². The van der Waals surface area contributed by atoms with Crippen LogP contribution in [0.2, 0.25) is 0 Å². The van der Waals surface area contributed by atoms with Crippen molar-refractivity contribution >= 4 is 39.2 Å². The van der Waals surface area contributed by atoms with Crippen LogP contribution in [0.25, 0.3) is 0 Å². The molecule has 1 unspecified atom stereocenters. The fourth-order valence-corrected chi connectivity index (χ4v) is 1.96. The minimum Gasteiger partial charge on any atom is -0.477 e. The second kappa shape index (κ2) is 5.40. The van der Waals surface area contributed by atoms with E-state index in [4.69, 9.17) is 9.94 Å². The molecule has 1 aliphatic heterocycles. The van der Waals surface area contributed by atoms with E-state index in [1.54, 1.807) is 6.07 Å². The minimum atomic E-state index is -1.17. The molecule has 0 radical (unpaired) electrons. The summed E-state index contributed by atoms with van der Waals surface area (Å²) in [5.41, 5.74) is 1.44. The smallest absolute Gasteiger partial charge is 0.353 e. The van der Waals surface area contributed by atoms with E-state index in [0.717, 1.165) is 10.0 Å². The van der Waals surface area contributed by atoms with Crippen molar-refractivity contribution in [1.82, 2.24) is 0 Å². The van der Waals surface area contributed by atoms with Crippen molar-refractivity contribution in [1.29, 1.82) is 0 Å². The predicted octanol–water partition coefficient (Wildman–Crippen LogP) is 1.93. The lowest BCUT2D eigenvalue weighted by Gasteiger charge is -2.11. The van der Waals surface area contributed by atoms with E-state index in [2.05, 4.69) is 26.4 Å². The molecule has 1 aromatic rings. The molecule has 1 heterocycles. The number of carboxylic acid groups (broad SMARTS) is 1. The number of benzene rings is 1. The van der Waals surface area contributed by atoms with Gasteiger partial charge in [0.1, 0.15) is 0 Å². The fourth-order valence-electron chi connectivity index (χ4n) is 1.60. The zero-order chi connectivity index (χ0) is 14.0. The predicted molar refractivity (Wildman–Crippen MR) is 72.1 cm³/mol. The van der Waals surface area contributed by atoms with Gasteiger partial charge in [0, 0.05) is 10.9 Å². The van der Waals surface area contributed by atoms with Gasteiger partial charge < -0.3 is 15.3 Å². The van der Waals surface area contributed by atoms with Crippen LogP contribution >= 0.6 is 15.9 Å². The summed E-state index contributed by atoms with van der Waals surface area (Å²) in [6, 6.07) is 5.45. The summed E-state index contributed by atoms with van der Waals surface area (Å²) in [5, 5.41) is 14.8. The largest absolute Gasteiger partial charge is 0.477 e. The Bertz CT molecular complexity index is 571. The Morgan fingerprint density at radius 3 is 2.89 bits per heavy atom. The third-order valence-corrected chi connectivity index (χ3v) is 3.71. The zero-order valence-electron chi connectivity index (χ0n) is 10.0. The number of nitrogens with one attached hydrogen (secondary N) is 1. The van der Waals surface area contributed by atoms with E-state index >= 15 is 0 Å². The summed E-state index contributed by atoms with van der Waals surface area (Å²) in [7, 11) is 0. The highest BCUT2D eigenvalue weighted by Crippen LogP contribution is 2.26. The Morgan fingerprint density at radius 2 is 2.26 bits per heavy atom. The van der Waals surface area contributed by atoms with Crippen molar-refractivity contribution in [2.45, 2.75) is 19.4 Å². The maximum absolute atomic E-state index is 11.9. The highest BCUT2D eigenvalue weighted by atomic mass is 79.9. The van der Waals surface area contributed by atoms with Crippen LogP contribution in [-0.2, 0) is 14.4 Å². The van der Waals surface area contributed by atoms with E-state index in [-0.39, 0.29) is 12.1 Å². The fraction of sp³-hybridized carbons (Fsp3) is 0.250. The van der Waals surface area contributed by atoms with Gasteiger partial charge >= 0.3 is 5.97 Å². The Balaban J connectivity index is 2.03. The highest BCUT2D eigenvalue weighted by Gasteiger charge is 2.31. The molecule has 0 aromatic heterocycles. The lowest BCUT2D eigenvalue weighted by Crippen LogP contribution is -2.29. The number of amides is 1. The molecule has 0 aliphatic carbocycles. The zero-order valence-corrected chi connectivity index (χ0v) is 11.6. The Labute approximate surface area is 117 Å². The van der Waals surface area contributed by atoms with Gasteiger partial charge in [-0.1, -0.05) is 17.3 Å². The van der Waals surface area contributed by atoms with Crippen molar-refractivity contribution in [3.05, 3.63) is 28.2 Å². The first kappa shape index (κ1) is 13.5. The molecule has 19 heavy (non-hydrogen) atoms. The van der Waals surface area contributed by atoms with E-state index < -0.39 is 18.0 Å². The van der Waals surface area contributed by atoms with Gasteiger partial charge in [-0.2, -0.15) is 0 Å². The Morgan fingerprint density at radius 1 is 1.53 bits per heavy atom. The van der Waals surface area contributed by atoms with Crippen LogP contribution in [0, 0.1) is 6.92 Å². The molecular weight excluding hydrogens is 316 g/mol. The van der Waals surface area contributed by atoms with E-state index in [1.165, 1.54) is 0 Å². The third-order valence-electron chi connectivity index (χ3n) is 2.66. The van der Waals surface area contributed by atoms with Crippen molar-refractivity contribution in [2.75, 3.05) is 5.32 Å². The summed E-state index contributed by atoms with van der Waals surface area (Å²) in [5.74, 6) is -1.60. The second-order valence-electron chi connectivity index (χ2n) is 4.07. The van der Waals surface area contributed by atoms with Crippen LogP contribution in [-0.4, -0.2) is 28.8 Å². The topological polar surface area (TPSA) is 88.0 Å². The van der Waals surface area contributed by atoms with Gasteiger partial charge in [-0.3, -0.25) is 4.79 Å². The average molecular weight is 327 g/mol. The van der Waals surface area contributed by atoms with Crippen LogP contribution in [0.1, 0.15) is 12.0 Å². The first-order chi connectivity index (χ1) is 8.99. The lowest BCUT2D eigenvalue weighted by molar-refractivity contribution is -0.129. The molecule has 7 heteroatoms. The van der Waals surface area contributed by atoms with E-state index in [0.29, 0.717) is 5.69 Å². The number of oxime groups is 1. The van der Waals surface area contributed by atoms with Gasteiger partial charge in [0.15, 0.2) is 5.71 Å². The Hall–Kier alpha value is -1.89.